The molecule has 2 aromatic carbocycles. The van der Waals surface area contributed by atoms with Crippen molar-refractivity contribution >= 4 is 20.6 Å². The van der Waals surface area contributed by atoms with Crippen LogP contribution < -0.4 is 0 Å². The number of carbonyl (C=O) groups is 1. The third-order valence-electron chi connectivity index (χ3n) is 5.37. The Kier molecular flexibility index (Phi) is 6.38. The highest BCUT2D eigenvalue weighted by Crippen LogP contribution is 2.31. The van der Waals surface area contributed by atoms with E-state index in [2.05, 4.69) is 0 Å². The molecule has 31 heavy (non-hydrogen) atoms. The van der Waals surface area contributed by atoms with Gasteiger partial charge in [0.25, 0.3) is 5.91 Å². The zero-order valence-corrected chi connectivity index (χ0v) is 17.8. The molecule has 0 unspecified atom stereocenters. The van der Waals surface area contributed by atoms with Crippen molar-refractivity contribution in [1.82, 2.24) is 4.90 Å². The van der Waals surface area contributed by atoms with Crippen LogP contribution >= 0.6 is 0 Å². The smallest absolute Gasteiger partial charge is 0.290 e. The maximum atomic E-state index is 13.6. The topological polar surface area (TPSA) is 72.9 Å². The van der Waals surface area contributed by atoms with Crippen molar-refractivity contribution in [3.8, 4) is 0 Å². The Balaban J connectivity index is 1.72. The van der Waals surface area contributed by atoms with Gasteiger partial charge in [-0.25, -0.2) is 12.8 Å². The highest BCUT2D eigenvalue weighted by molar-refractivity contribution is 8.00. The van der Waals surface area contributed by atoms with Crippen molar-refractivity contribution in [2.24, 2.45) is 0 Å². The lowest BCUT2D eigenvalue weighted by Gasteiger charge is -2.29. The van der Waals surface area contributed by atoms with Crippen LogP contribution in [-0.2, 0) is 30.7 Å². The number of benzene rings is 2. The van der Waals surface area contributed by atoms with Crippen molar-refractivity contribution in [2.45, 2.75) is 25.5 Å². The summed E-state index contributed by atoms with van der Waals surface area (Å²) < 4.78 is 50.5. The molecule has 1 amide bonds. The molecule has 1 saturated heterocycles. The van der Waals surface area contributed by atoms with Crippen LogP contribution in [0.2, 0.25) is 0 Å². The Labute approximate surface area is 181 Å². The highest BCUT2D eigenvalue weighted by atomic mass is 32.2. The van der Waals surface area contributed by atoms with Crippen LogP contribution in [-0.4, -0.2) is 50.8 Å². The van der Waals surface area contributed by atoms with Crippen LogP contribution in [0, 0.1) is 5.82 Å². The van der Waals surface area contributed by atoms with E-state index >= 15 is 0 Å². The van der Waals surface area contributed by atoms with Crippen LogP contribution in [0.1, 0.15) is 24.0 Å². The molecule has 164 valence electrons. The van der Waals surface area contributed by atoms with Crippen molar-refractivity contribution in [3.63, 3.8) is 0 Å². The number of ether oxygens (including phenoxy) is 2. The summed E-state index contributed by atoms with van der Waals surface area (Å²) in [5, 5.41) is 0. The van der Waals surface area contributed by atoms with E-state index in [0.29, 0.717) is 18.7 Å². The molecule has 2 aromatic rings. The van der Waals surface area contributed by atoms with Crippen molar-refractivity contribution in [3.05, 3.63) is 77.3 Å². The second-order valence-electron chi connectivity index (χ2n) is 7.64. The number of rotatable bonds is 6. The summed E-state index contributed by atoms with van der Waals surface area (Å²) in [5.41, 5.74) is 1.15. The van der Waals surface area contributed by atoms with Gasteiger partial charge in [0.2, 0.25) is 5.76 Å². The molecule has 0 saturated carbocycles. The normalized spacial score (nSPS) is 20.4. The Hall–Kier alpha value is -2.71. The number of amides is 1. The first kappa shape index (κ1) is 21.5. The first-order valence-corrected chi connectivity index (χ1v) is 11.9. The van der Waals surface area contributed by atoms with Gasteiger partial charge < -0.3 is 14.4 Å². The monoisotopic (exact) mass is 445 g/mol. The Morgan fingerprint density at radius 1 is 1.06 bits per heavy atom. The van der Waals surface area contributed by atoms with Gasteiger partial charge >= 0.3 is 0 Å². The number of hydrogen-bond donors (Lipinski definition) is 0. The minimum atomic E-state index is -3.68. The second-order valence-corrected chi connectivity index (χ2v) is 9.68. The lowest BCUT2D eigenvalue weighted by atomic mass is 10.1. The SMILES string of the molecule is O=C(C1=C(c2ccccc2)S(=O)(=O)CCO1)N(Cc1ccc(F)cc1)C[C@@H]1CCCO1. The van der Waals surface area contributed by atoms with Crippen molar-refractivity contribution in [2.75, 3.05) is 25.5 Å². The first-order chi connectivity index (χ1) is 14.9. The summed E-state index contributed by atoms with van der Waals surface area (Å²) in [6.07, 6.45) is 1.59. The summed E-state index contributed by atoms with van der Waals surface area (Å²) in [6.45, 7) is 1.04. The zero-order valence-electron chi connectivity index (χ0n) is 17.0. The van der Waals surface area contributed by atoms with E-state index in [1.54, 1.807) is 42.5 Å². The standard InChI is InChI=1S/C23H24FNO5S/c24-19-10-8-17(9-11-19)15-25(16-20-7-4-12-29-20)23(26)21-22(18-5-2-1-3-6-18)31(27,28)14-13-30-21/h1-3,5-6,8-11,20H,4,7,12-16H2/t20-/m0/s1. The van der Waals surface area contributed by atoms with Gasteiger partial charge in [-0.1, -0.05) is 42.5 Å². The molecule has 2 heterocycles. The fourth-order valence-corrected chi connectivity index (χ4v) is 5.26. The maximum Gasteiger partial charge on any atom is 0.290 e. The lowest BCUT2D eigenvalue weighted by molar-refractivity contribution is -0.133. The van der Waals surface area contributed by atoms with E-state index in [1.165, 1.54) is 17.0 Å². The molecule has 0 bridgehead atoms. The van der Waals surface area contributed by atoms with Gasteiger partial charge in [0.15, 0.2) is 9.84 Å². The number of sulfone groups is 1. The van der Waals surface area contributed by atoms with Gasteiger partial charge in [0.1, 0.15) is 17.3 Å². The highest BCUT2D eigenvalue weighted by Gasteiger charge is 2.36. The van der Waals surface area contributed by atoms with Gasteiger partial charge in [-0.3, -0.25) is 4.79 Å². The van der Waals surface area contributed by atoms with E-state index in [9.17, 15) is 17.6 Å². The third kappa shape index (κ3) is 4.97. The van der Waals surface area contributed by atoms with Gasteiger partial charge in [-0.2, -0.15) is 0 Å². The molecule has 0 N–H and O–H groups in total. The molecule has 2 aliphatic heterocycles. The van der Waals surface area contributed by atoms with Crippen LogP contribution in [0.4, 0.5) is 4.39 Å². The minimum Gasteiger partial charge on any atom is -0.486 e. The van der Waals surface area contributed by atoms with Gasteiger partial charge in [-0.05, 0) is 36.1 Å². The largest absolute Gasteiger partial charge is 0.486 e. The number of nitrogens with zero attached hydrogens (tertiary/aromatic N) is 1. The fourth-order valence-electron chi connectivity index (χ4n) is 3.83. The lowest BCUT2D eigenvalue weighted by Crippen LogP contribution is -2.40. The van der Waals surface area contributed by atoms with Crippen LogP contribution in [0.3, 0.4) is 0 Å². The summed E-state index contributed by atoms with van der Waals surface area (Å²) in [6, 6.07) is 14.4. The van der Waals surface area contributed by atoms with Gasteiger partial charge in [0, 0.05) is 19.7 Å². The van der Waals surface area contributed by atoms with Crippen LogP contribution in [0.15, 0.2) is 60.4 Å². The molecule has 2 aliphatic rings. The molecule has 0 aromatic heterocycles. The average Bonchev–Trinajstić information content (AvgIpc) is 3.27. The Morgan fingerprint density at radius 3 is 2.48 bits per heavy atom. The van der Waals surface area contributed by atoms with Gasteiger partial charge in [0.05, 0.1) is 11.9 Å². The molecule has 1 fully saturated rings. The molecular weight excluding hydrogens is 421 g/mol. The van der Waals surface area contributed by atoms with E-state index < -0.39 is 15.7 Å². The second kappa shape index (κ2) is 9.20. The predicted octanol–water partition coefficient (Wildman–Crippen LogP) is 3.15. The van der Waals surface area contributed by atoms with E-state index in [1.807, 2.05) is 0 Å². The van der Waals surface area contributed by atoms with E-state index in [4.69, 9.17) is 9.47 Å². The molecule has 1 atom stereocenters. The molecule has 6 nitrogen and oxygen atoms in total. The van der Waals surface area contributed by atoms with Crippen LogP contribution in [0.5, 0.6) is 0 Å². The molecule has 0 aliphatic carbocycles. The summed E-state index contributed by atoms with van der Waals surface area (Å²) in [4.78, 5) is 15.0. The third-order valence-corrected chi connectivity index (χ3v) is 7.12. The summed E-state index contributed by atoms with van der Waals surface area (Å²) >= 11 is 0. The molecule has 0 spiro atoms. The average molecular weight is 446 g/mol. The number of carbonyl (C=O) groups excluding carboxylic acids is 1. The Bertz CT molecular complexity index is 1060. The molecule has 8 heteroatoms. The Morgan fingerprint density at radius 2 is 1.81 bits per heavy atom. The number of hydrogen-bond acceptors (Lipinski definition) is 5. The fraction of sp³-hybridized carbons (Fsp3) is 0.348. The molecular formula is C23H24FNO5S. The van der Waals surface area contributed by atoms with E-state index in [0.717, 1.165) is 18.4 Å². The minimum absolute atomic E-state index is 0.0793. The van der Waals surface area contributed by atoms with Gasteiger partial charge in [-0.15, -0.1) is 0 Å². The molecule has 4 rings (SSSR count). The zero-order chi connectivity index (χ0) is 21.8. The molecule has 0 radical (unpaired) electrons. The summed E-state index contributed by atoms with van der Waals surface area (Å²) in [5.74, 6) is -1.23. The van der Waals surface area contributed by atoms with Crippen LogP contribution in [0.25, 0.3) is 4.91 Å². The van der Waals surface area contributed by atoms with Crippen molar-refractivity contribution < 1.29 is 27.1 Å². The quantitative estimate of drug-likeness (QED) is 0.683. The first-order valence-electron chi connectivity index (χ1n) is 10.2. The van der Waals surface area contributed by atoms with Crippen molar-refractivity contribution in [1.29, 1.82) is 0 Å². The summed E-state index contributed by atoms with van der Waals surface area (Å²) in [7, 11) is -3.68. The van der Waals surface area contributed by atoms with E-state index in [-0.39, 0.29) is 41.5 Å². The predicted molar refractivity (Wildman–Crippen MR) is 114 cm³/mol. The maximum absolute atomic E-state index is 13.6. The number of halogens is 1.